The molecule has 0 spiro atoms. The van der Waals surface area contributed by atoms with E-state index < -0.39 is 0 Å². The lowest BCUT2D eigenvalue weighted by Gasteiger charge is -2.09. The standard InChI is InChI=1S/C15H18N2O2/c1-2-14(16)15-8-7-13(9-17-15)19-12-5-3-11(10-18)4-6-12/h3-9,14,18H,2,10,16H2,1H3/t14-/m0/s1. The largest absolute Gasteiger partial charge is 0.456 e. The van der Waals surface area contributed by atoms with Crippen LogP contribution in [0.2, 0.25) is 0 Å². The molecule has 0 amide bonds. The van der Waals surface area contributed by atoms with Crippen LogP contribution in [0, 0.1) is 0 Å². The molecule has 1 atom stereocenters. The minimum atomic E-state index is -0.0297. The lowest BCUT2D eigenvalue weighted by atomic mass is 10.1. The van der Waals surface area contributed by atoms with E-state index in [-0.39, 0.29) is 12.6 Å². The molecule has 1 aromatic heterocycles. The third-order valence-corrected chi connectivity index (χ3v) is 2.92. The number of hydrogen-bond acceptors (Lipinski definition) is 4. The Morgan fingerprint density at radius 1 is 1.16 bits per heavy atom. The number of nitrogens with two attached hydrogens (primary N) is 1. The molecule has 0 saturated heterocycles. The van der Waals surface area contributed by atoms with E-state index >= 15 is 0 Å². The Kier molecular flexibility index (Phi) is 4.49. The van der Waals surface area contributed by atoms with E-state index in [1.165, 1.54) is 0 Å². The van der Waals surface area contributed by atoms with E-state index in [1.54, 1.807) is 6.20 Å². The molecule has 0 aliphatic rings. The van der Waals surface area contributed by atoms with Crippen LogP contribution < -0.4 is 10.5 Å². The molecule has 0 aliphatic heterocycles. The summed E-state index contributed by atoms with van der Waals surface area (Å²) in [6.45, 7) is 2.06. The van der Waals surface area contributed by atoms with E-state index in [9.17, 15) is 0 Å². The summed E-state index contributed by atoms with van der Waals surface area (Å²) in [5.41, 5.74) is 7.62. The Hall–Kier alpha value is -1.91. The monoisotopic (exact) mass is 258 g/mol. The second-order valence-corrected chi connectivity index (χ2v) is 4.34. The van der Waals surface area contributed by atoms with Crippen LogP contribution in [-0.2, 0) is 6.61 Å². The number of hydrogen-bond donors (Lipinski definition) is 2. The van der Waals surface area contributed by atoms with Gasteiger partial charge in [-0.2, -0.15) is 0 Å². The Balaban J connectivity index is 2.06. The van der Waals surface area contributed by atoms with Gasteiger partial charge in [0.05, 0.1) is 18.5 Å². The number of aromatic nitrogens is 1. The number of nitrogens with zero attached hydrogens (tertiary/aromatic N) is 1. The van der Waals surface area contributed by atoms with Crippen LogP contribution in [0.15, 0.2) is 42.6 Å². The molecule has 0 saturated carbocycles. The molecule has 3 N–H and O–H groups in total. The minimum Gasteiger partial charge on any atom is -0.456 e. The summed E-state index contributed by atoms with van der Waals surface area (Å²) in [6.07, 6.45) is 2.53. The Labute approximate surface area is 112 Å². The van der Waals surface area contributed by atoms with E-state index in [4.69, 9.17) is 15.6 Å². The number of aliphatic hydroxyl groups is 1. The second-order valence-electron chi connectivity index (χ2n) is 4.34. The van der Waals surface area contributed by atoms with Gasteiger partial charge in [0.2, 0.25) is 0 Å². The first kappa shape index (κ1) is 13.5. The van der Waals surface area contributed by atoms with E-state index in [0.717, 1.165) is 17.7 Å². The van der Waals surface area contributed by atoms with Crippen molar-refractivity contribution in [3.63, 3.8) is 0 Å². The van der Waals surface area contributed by atoms with Gasteiger partial charge in [0.1, 0.15) is 11.5 Å². The van der Waals surface area contributed by atoms with Crippen molar-refractivity contribution in [2.45, 2.75) is 26.0 Å². The van der Waals surface area contributed by atoms with Crippen molar-refractivity contribution < 1.29 is 9.84 Å². The number of benzene rings is 1. The maximum Gasteiger partial charge on any atom is 0.145 e. The molecule has 0 unspecified atom stereocenters. The zero-order valence-electron chi connectivity index (χ0n) is 10.9. The zero-order valence-corrected chi connectivity index (χ0v) is 10.9. The van der Waals surface area contributed by atoms with Crippen molar-refractivity contribution in [2.75, 3.05) is 0 Å². The van der Waals surface area contributed by atoms with Gasteiger partial charge >= 0.3 is 0 Å². The molecule has 1 heterocycles. The third kappa shape index (κ3) is 3.53. The average molecular weight is 258 g/mol. The van der Waals surface area contributed by atoms with Crippen LogP contribution in [-0.4, -0.2) is 10.1 Å². The van der Waals surface area contributed by atoms with Crippen LogP contribution in [0.4, 0.5) is 0 Å². The average Bonchev–Trinajstić information content (AvgIpc) is 2.48. The van der Waals surface area contributed by atoms with Gasteiger partial charge in [-0.15, -0.1) is 0 Å². The summed E-state index contributed by atoms with van der Waals surface area (Å²) in [7, 11) is 0. The highest BCUT2D eigenvalue weighted by molar-refractivity contribution is 5.32. The van der Waals surface area contributed by atoms with Gasteiger partial charge in [0, 0.05) is 6.04 Å². The fourth-order valence-corrected chi connectivity index (χ4v) is 1.68. The van der Waals surface area contributed by atoms with Crippen LogP contribution >= 0.6 is 0 Å². The molecule has 0 radical (unpaired) electrons. The van der Waals surface area contributed by atoms with Crippen LogP contribution in [0.25, 0.3) is 0 Å². The summed E-state index contributed by atoms with van der Waals surface area (Å²) in [5.74, 6) is 1.38. The smallest absolute Gasteiger partial charge is 0.145 e. The van der Waals surface area contributed by atoms with E-state index in [2.05, 4.69) is 4.98 Å². The van der Waals surface area contributed by atoms with Crippen molar-refractivity contribution in [3.05, 3.63) is 53.9 Å². The summed E-state index contributed by atoms with van der Waals surface area (Å²) >= 11 is 0. The second kappa shape index (κ2) is 6.31. The van der Waals surface area contributed by atoms with Crippen molar-refractivity contribution in [1.82, 2.24) is 4.98 Å². The summed E-state index contributed by atoms with van der Waals surface area (Å²) < 4.78 is 5.66. The summed E-state index contributed by atoms with van der Waals surface area (Å²) in [6, 6.07) is 11.0. The van der Waals surface area contributed by atoms with Gasteiger partial charge in [-0.3, -0.25) is 4.98 Å². The topological polar surface area (TPSA) is 68.4 Å². The number of ether oxygens (including phenoxy) is 1. The van der Waals surface area contributed by atoms with Crippen molar-refractivity contribution >= 4 is 0 Å². The highest BCUT2D eigenvalue weighted by Gasteiger charge is 2.05. The SMILES string of the molecule is CC[C@H](N)c1ccc(Oc2ccc(CO)cc2)cn1. The van der Waals surface area contributed by atoms with Crippen LogP contribution in [0.3, 0.4) is 0 Å². The minimum absolute atomic E-state index is 0.0297. The van der Waals surface area contributed by atoms with Crippen molar-refractivity contribution in [1.29, 1.82) is 0 Å². The van der Waals surface area contributed by atoms with Crippen LogP contribution in [0.1, 0.15) is 30.6 Å². The van der Waals surface area contributed by atoms with Gasteiger partial charge in [-0.05, 0) is 36.2 Å². The normalized spacial score (nSPS) is 12.2. The Morgan fingerprint density at radius 3 is 2.37 bits per heavy atom. The van der Waals surface area contributed by atoms with Gasteiger partial charge in [0.25, 0.3) is 0 Å². The molecule has 4 nitrogen and oxygen atoms in total. The number of rotatable bonds is 5. The lowest BCUT2D eigenvalue weighted by molar-refractivity contribution is 0.281. The number of aliphatic hydroxyl groups excluding tert-OH is 1. The molecule has 0 fully saturated rings. The lowest BCUT2D eigenvalue weighted by Crippen LogP contribution is -2.10. The molecule has 100 valence electrons. The Bertz CT molecular complexity index is 509. The molecule has 2 rings (SSSR count). The summed E-state index contributed by atoms with van der Waals surface area (Å²) in [5, 5.41) is 8.96. The highest BCUT2D eigenvalue weighted by Crippen LogP contribution is 2.22. The molecule has 0 bridgehead atoms. The molecule has 0 aliphatic carbocycles. The molecule has 2 aromatic rings. The van der Waals surface area contributed by atoms with E-state index in [0.29, 0.717) is 11.5 Å². The predicted octanol–water partition coefficient (Wildman–Crippen LogP) is 2.78. The quantitative estimate of drug-likeness (QED) is 0.865. The Morgan fingerprint density at radius 2 is 1.84 bits per heavy atom. The van der Waals surface area contributed by atoms with Crippen molar-refractivity contribution in [3.8, 4) is 11.5 Å². The molecular weight excluding hydrogens is 240 g/mol. The van der Waals surface area contributed by atoms with Gasteiger partial charge in [-0.1, -0.05) is 19.1 Å². The molecule has 19 heavy (non-hydrogen) atoms. The molecule has 4 heteroatoms. The predicted molar refractivity (Wildman–Crippen MR) is 73.9 cm³/mol. The number of pyridine rings is 1. The van der Waals surface area contributed by atoms with Gasteiger partial charge in [0.15, 0.2) is 0 Å². The van der Waals surface area contributed by atoms with E-state index in [1.807, 2.05) is 43.3 Å². The molecule has 1 aromatic carbocycles. The van der Waals surface area contributed by atoms with Gasteiger partial charge in [-0.25, -0.2) is 0 Å². The fraction of sp³-hybridized carbons (Fsp3) is 0.267. The first-order chi connectivity index (χ1) is 9.22. The van der Waals surface area contributed by atoms with Crippen molar-refractivity contribution in [2.24, 2.45) is 5.73 Å². The maximum absolute atomic E-state index is 8.96. The first-order valence-corrected chi connectivity index (χ1v) is 6.32. The highest BCUT2D eigenvalue weighted by atomic mass is 16.5. The molecular formula is C15H18N2O2. The summed E-state index contributed by atoms with van der Waals surface area (Å²) in [4.78, 5) is 4.29. The fourth-order valence-electron chi connectivity index (χ4n) is 1.68. The zero-order chi connectivity index (χ0) is 13.7. The maximum atomic E-state index is 8.96. The first-order valence-electron chi connectivity index (χ1n) is 6.32. The third-order valence-electron chi connectivity index (χ3n) is 2.92. The van der Waals surface area contributed by atoms with Crippen LogP contribution in [0.5, 0.6) is 11.5 Å². The van der Waals surface area contributed by atoms with Gasteiger partial charge < -0.3 is 15.6 Å².